The number of hydrogen-bond acceptors (Lipinski definition) is 7. The molecule has 1 fully saturated rings. The zero-order valence-corrected chi connectivity index (χ0v) is 21.7. The number of carbonyl (C=O) groups is 1. The summed E-state index contributed by atoms with van der Waals surface area (Å²) in [7, 11) is 0. The molecule has 2 aliphatic rings. The summed E-state index contributed by atoms with van der Waals surface area (Å²) in [6.07, 6.45) is 3.48. The lowest BCUT2D eigenvalue weighted by Gasteiger charge is -2.33. The maximum absolute atomic E-state index is 12.3. The topological polar surface area (TPSA) is 78.7 Å². The van der Waals surface area contributed by atoms with E-state index in [1.807, 2.05) is 18.2 Å². The minimum absolute atomic E-state index is 0.140. The van der Waals surface area contributed by atoms with Crippen molar-refractivity contribution in [3.05, 3.63) is 40.4 Å². The zero-order valence-electron chi connectivity index (χ0n) is 20.9. The molecule has 0 bridgehead atoms. The first kappa shape index (κ1) is 24.9. The Balaban J connectivity index is 1.59. The fraction of sp³-hybridized carbons (Fsp3) is 0.640. The Labute approximate surface area is 206 Å². The summed E-state index contributed by atoms with van der Waals surface area (Å²) in [4.78, 5) is 17.9. The van der Waals surface area contributed by atoms with Gasteiger partial charge >= 0.3 is 6.16 Å². The van der Waals surface area contributed by atoms with E-state index in [1.165, 1.54) is 0 Å². The van der Waals surface area contributed by atoms with Crippen LogP contribution in [0.1, 0.15) is 90.4 Å². The number of aromatic nitrogens is 3. The number of carbonyl (C=O) groups excluding carboxylic acids is 1. The standard InChI is InChI=1S/C25H35ClN4O4/c1-24(2,3)32-19-10-7-16(8-11-19)22-28-27-21-15-29(34-23(31)33-25(4,5)6)14-17-13-18(26)9-12-20(17)30(21)22/h9,12-13,16,19H,7-8,10-11,14-15H2,1-6H3/t16-,19-. The number of nitrogens with zero attached hydrogens (tertiary/aromatic N) is 4. The monoisotopic (exact) mass is 490 g/mol. The molecule has 2 aromatic rings. The predicted octanol–water partition coefficient (Wildman–Crippen LogP) is 5.94. The predicted molar refractivity (Wildman–Crippen MR) is 129 cm³/mol. The molecule has 0 spiro atoms. The number of fused-ring (bicyclic) bond motifs is 3. The van der Waals surface area contributed by atoms with Crippen molar-refractivity contribution in [1.29, 1.82) is 0 Å². The van der Waals surface area contributed by atoms with Crippen LogP contribution in [-0.4, -0.2) is 43.3 Å². The van der Waals surface area contributed by atoms with Gasteiger partial charge in [0.1, 0.15) is 11.4 Å². The molecule has 1 aromatic heterocycles. The third kappa shape index (κ3) is 6.09. The molecule has 1 aliphatic heterocycles. The van der Waals surface area contributed by atoms with Gasteiger partial charge in [0.05, 0.1) is 30.5 Å². The molecular weight excluding hydrogens is 456 g/mol. The van der Waals surface area contributed by atoms with E-state index in [0.29, 0.717) is 23.9 Å². The summed E-state index contributed by atoms with van der Waals surface area (Å²) < 4.78 is 13.7. The third-order valence-corrected chi connectivity index (χ3v) is 6.09. The SMILES string of the molecule is CC(C)(C)OC(=O)ON1Cc2cc(Cl)ccc2-n2c(nnc2[C@H]2CC[C@H](OC(C)(C)C)CC2)C1. The first-order valence-electron chi connectivity index (χ1n) is 11.9. The first-order valence-corrected chi connectivity index (χ1v) is 12.3. The van der Waals surface area contributed by atoms with Crippen LogP contribution in [0, 0.1) is 0 Å². The molecule has 1 aliphatic carbocycles. The van der Waals surface area contributed by atoms with Gasteiger partial charge in [-0.05, 0) is 91.0 Å². The lowest BCUT2D eigenvalue weighted by molar-refractivity contribution is -0.155. The highest BCUT2D eigenvalue weighted by Gasteiger charge is 2.33. The Kier molecular flexibility index (Phi) is 6.95. The molecule has 0 N–H and O–H groups in total. The lowest BCUT2D eigenvalue weighted by Crippen LogP contribution is -2.31. The van der Waals surface area contributed by atoms with E-state index in [2.05, 4.69) is 35.5 Å². The number of halogens is 1. The molecule has 4 rings (SSSR count). The van der Waals surface area contributed by atoms with Crippen LogP contribution in [0.15, 0.2) is 18.2 Å². The van der Waals surface area contributed by atoms with Crippen LogP contribution in [0.2, 0.25) is 5.02 Å². The summed E-state index contributed by atoms with van der Waals surface area (Å²) in [5.74, 6) is 1.93. The first-order chi connectivity index (χ1) is 15.9. The summed E-state index contributed by atoms with van der Waals surface area (Å²) in [6.45, 7) is 12.4. The van der Waals surface area contributed by atoms with Crippen LogP contribution in [-0.2, 0) is 27.4 Å². The zero-order chi connectivity index (χ0) is 24.7. The summed E-state index contributed by atoms with van der Waals surface area (Å²) in [5.41, 5.74) is 1.11. The van der Waals surface area contributed by atoms with E-state index in [9.17, 15) is 4.79 Å². The molecule has 1 saturated carbocycles. The number of benzene rings is 1. The number of hydrogen-bond donors (Lipinski definition) is 0. The van der Waals surface area contributed by atoms with Crippen LogP contribution in [0.25, 0.3) is 5.69 Å². The maximum atomic E-state index is 12.3. The van der Waals surface area contributed by atoms with Crippen molar-refractivity contribution in [3.63, 3.8) is 0 Å². The molecule has 0 saturated heterocycles. The lowest BCUT2D eigenvalue weighted by atomic mass is 9.86. The Hall–Kier alpha value is -2.16. The molecule has 8 nitrogen and oxygen atoms in total. The fourth-order valence-corrected chi connectivity index (χ4v) is 4.83. The van der Waals surface area contributed by atoms with E-state index in [1.54, 1.807) is 25.8 Å². The van der Waals surface area contributed by atoms with E-state index in [-0.39, 0.29) is 17.6 Å². The van der Waals surface area contributed by atoms with E-state index >= 15 is 0 Å². The van der Waals surface area contributed by atoms with Crippen LogP contribution in [0.3, 0.4) is 0 Å². The van der Waals surface area contributed by atoms with Crippen molar-refractivity contribution in [1.82, 2.24) is 19.8 Å². The van der Waals surface area contributed by atoms with Crippen molar-refractivity contribution in [2.45, 2.75) is 104 Å². The average molecular weight is 491 g/mol. The van der Waals surface area contributed by atoms with Crippen molar-refractivity contribution in [2.24, 2.45) is 0 Å². The van der Waals surface area contributed by atoms with Gasteiger partial charge < -0.3 is 14.3 Å². The van der Waals surface area contributed by atoms with Crippen molar-refractivity contribution in [3.8, 4) is 5.69 Å². The van der Waals surface area contributed by atoms with Gasteiger partial charge in [0.25, 0.3) is 0 Å². The second kappa shape index (κ2) is 9.47. The molecular formula is C25H35ClN4O4. The smallest absolute Gasteiger partial charge is 0.427 e. The highest BCUT2D eigenvalue weighted by atomic mass is 35.5. The minimum atomic E-state index is -0.749. The van der Waals surface area contributed by atoms with E-state index < -0.39 is 11.8 Å². The summed E-state index contributed by atoms with van der Waals surface area (Å²) in [5, 5.41) is 11.3. The van der Waals surface area contributed by atoms with Gasteiger partial charge in [-0.15, -0.1) is 15.3 Å². The van der Waals surface area contributed by atoms with Crippen LogP contribution in [0.4, 0.5) is 4.79 Å². The quantitative estimate of drug-likeness (QED) is 0.492. The van der Waals surface area contributed by atoms with Gasteiger partial charge in [0.2, 0.25) is 0 Å². The van der Waals surface area contributed by atoms with Gasteiger partial charge in [-0.2, -0.15) is 0 Å². The van der Waals surface area contributed by atoms with Gasteiger partial charge in [-0.1, -0.05) is 11.6 Å². The Morgan fingerprint density at radius 2 is 1.71 bits per heavy atom. The van der Waals surface area contributed by atoms with Crippen LogP contribution in [0.5, 0.6) is 0 Å². The second-order valence-electron chi connectivity index (χ2n) is 11.1. The second-order valence-corrected chi connectivity index (χ2v) is 11.6. The molecule has 1 aromatic carbocycles. The highest BCUT2D eigenvalue weighted by Crippen LogP contribution is 2.37. The maximum Gasteiger partial charge on any atom is 0.528 e. The van der Waals surface area contributed by atoms with Crippen molar-refractivity contribution in [2.75, 3.05) is 0 Å². The summed E-state index contributed by atoms with van der Waals surface area (Å²) in [6, 6.07) is 5.75. The molecule has 0 unspecified atom stereocenters. The molecule has 186 valence electrons. The minimum Gasteiger partial charge on any atom is -0.427 e. The van der Waals surface area contributed by atoms with Gasteiger partial charge in [0, 0.05) is 10.9 Å². The van der Waals surface area contributed by atoms with E-state index in [4.69, 9.17) is 25.9 Å². The summed E-state index contributed by atoms with van der Waals surface area (Å²) >= 11 is 6.32. The van der Waals surface area contributed by atoms with E-state index in [0.717, 1.165) is 42.8 Å². The molecule has 34 heavy (non-hydrogen) atoms. The average Bonchev–Trinajstić information content (AvgIpc) is 3.02. The Morgan fingerprint density at radius 1 is 1.00 bits per heavy atom. The van der Waals surface area contributed by atoms with Gasteiger partial charge in [0.15, 0.2) is 5.82 Å². The molecule has 2 heterocycles. The highest BCUT2D eigenvalue weighted by molar-refractivity contribution is 6.30. The Bertz CT molecular complexity index is 1030. The number of ether oxygens (including phenoxy) is 2. The molecule has 0 radical (unpaired) electrons. The number of hydroxylamine groups is 2. The Morgan fingerprint density at radius 3 is 2.35 bits per heavy atom. The molecule has 9 heteroatoms. The van der Waals surface area contributed by atoms with Crippen molar-refractivity contribution < 1.29 is 19.1 Å². The molecule has 0 atom stereocenters. The van der Waals surface area contributed by atoms with Crippen LogP contribution >= 0.6 is 11.6 Å². The normalized spacial score (nSPS) is 21.4. The largest absolute Gasteiger partial charge is 0.528 e. The third-order valence-electron chi connectivity index (χ3n) is 5.85. The van der Waals surface area contributed by atoms with Gasteiger partial charge in [-0.25, -0.2) is 4.79 Å². The fourth-order valence-electron chi connectivity index (χ4n) is 4.64. The van der Waals surface area contributed by atoms with Gasteiger partial charge in [-0.3, -0.25) is 4.57 Å². The molecule has 0 amide bonds. The number of rotatable bonds is 3. The van der Waals surface area contributed by atoms with Crippen molar-refractivity contribution >= 4 is 17.8 Å². The van der Waals surface area contributed by atoms with Crippen LogP contribution < -0.4 is 0 Å².